The third-order valence-corrected chi connectivity index (χ3v) is 5.69. The fraction of sp³-hybridized carbons (Fsp3) is 0.263. The van der Waals surface area contributed by atoms with Crippen molar-refractivity contribution >= 4 is 45.2 Å². The SMILES string of the molecule is CCOc1ccc(-c2csc3ncnc(SCCC(=O)NCC(=O)O)c23)cc1. The van der Waals surface area contributed by atoms with Crippen LogP contribution in [0.3, 0.4) is 0 Å². The monoisotopic (exact) mass is 417 g/mol. The van der Waals surface area contributed by atoms with Gasteiger partial charge >= 0.3 is 5.97 Å². The predicted octanol–water partition coefficient (Wildman–Crippen LogP) is 3.44. The molecule has 1 amide bonds. The number of rotatable bonds is 9. The second-order valence-corrected chi connectivity index (χ2v) is 7.68. The summed E-state index contributed by atoms with van der Waals surface area (Å²) in [4.78, 5) is 31.8. The zero-order chi connectivity index (χ0) is 19.9. The highest BCUT2D eigenvalue weighted by atomic mass is 32.2. The largest absolute Gasteiger partial charge is 0.494 e. The number of hydrogen-bond acceptors (Lipinski definition) is 7. The van der Waals surface area contributed by atoms with E-state index in [0.717, 1.165) is 32.1 Å². The maximum absolute atomic E-state index is 11.7. The van der Waals surface area contributed by atoms with Crippen LogP contribution in [0.5, 0.6) is 5.75 Å². The highest BCUT2D eigenvalue weighted by molar-refractivity contribution is 7.99. The molecule has 3 rings (SSSR count). The van der Waals surface area contributed by atoms with Crippen molar-refractivity contribution in [1.29, 1.82) is 0 Å². The van der Waals surface area contributed by atoms with Gasteiger partial charge in [-0.05, 0) is 24.6 Å². The summed E-state index contributed by atoms with van der Waals surface area (Å²) in [5.74, 6) is -0.0334. The molecule has 0 atom stereocenters. The highest BCUT2D eigenvalue weighted by Crippen LogP contribution is 2.38. The summed E-state index contributed by atoms with van der Waals surface area (Å²) in [6.45, 7) is 2.20. The lowest BCUT2D eigenvalue weighted by atomic mass is 10.1. The zero-order valence-corrected chi connectivity index (χ0v) is 16.8. The molecule has 7 nitrogen and oxygen atoms in total. The van der Waals surface area contributed by atoms with E-state index in [2.05, 4.69) is 20.7 Å². The van der Waals surface area contributed by atoms with E-state index < -0.39 is 5.97 Å². The van der Waals surface area contributed by atoms with Crippen molar-refractivity contribution < 1.29 is 19.4 Å². The molecule has 2 N–H and O–H groups in total. The molecule has 28 heavy (non-hydrogen) atoms. The van der Waals surface area contributed by atoms with Crippen LogP contribution in [-0.4, -0.2) is 45.9 Å². The van der Waals surface area contributed by atoms with Crippen LogP contribution in [0.25, 0.3) is 21.3 Å². The third-order valence-electron chi connectivity index (χ3n) is 3.82. The Bertz CT molecular complexity index is 973. The van der Waals surface area contributed by atoms with Gasteiger partial charge in [-0.2, -0.15) is 0 Å². The van der Waals surface area contributed by atoms with Crippen LogP contribution in [-0.2, 0) is 9.59 Å². The Morgan fingerprint density at radius 1 is 1.25 bits per heavy atom. The van der Waals surface area contributed by atoms with Crippen molar-refractivity contribution in [3.8, 4) is 16.9 Å². The summed E-state index contributed by atoms with van der Waals surface area (Å²) in [7, 11) is 0. The smallest absolute Gasteiger partial charge is 0.322 e. The number of carbonyl (C=O) groups excluding carboxylic acids is 1. The topological polar surface area (TPSA) is 101 Å². The van der Waals surface area contributed by atoms with Crippen LogP contribution >= 0.6 is 23.1 Å². The summed E-state index contributed by atoms with van der Waals surface area (Å²) >= 11 is 3.01. The third kappa shape index (κ3) is 4.99. The Kier molecular flexibility index (Phi) is 6.83. The van der Waals surface area contributed by atoms with E-state index in [9.17, 15) is 9.59 Å². The van der Waals surface area contributed by atoms with Gasteiger partial charge in [0.1, 0.15) is 28.5 Å². The molecule has 2 aromatic heterocycles. The van der Waals surface area contributed by atoms with Crippen LogP contribution in [0, 0.1) is 0 Å². The minimum Gasteiger partial charge on any atom is -0.494 e. The van der Waals surface area contributed by atoms with Gasteiger partial charge < -0.3 is 15.2 Å². The van der Waals surface area contributed by atoms with E-state index in [-0.39, 0.29) is 18.9 Å². The molecule has 0 radical (unpaired) electrons. The first-order valence-corrected chi connectivity index (χ1v) is 10.5. The van der Waals surface area contributed by atoms with Gasteiger partial charge in [-0.1, -0.05) is 12.1 Å². The summed E-state index contributed by atoms with van der Waals surface area (Å²) in [6, 6.07) is 7.89. The summed E-state index contributed by atoms with van der Waals surface area (Å²) in [5.41, 5.74) is 2.09. The molecular formula is C19H19N3O4S2. The average molecular weight is 418 g/mol. The second kappa shape index (κ2) is 9.52. The van der Waals surface area contributed by atoms with Gasteiger partial charge in [0.2, 0.25) is 5.91 Å². The number of hydrogen-bond donors (Lipinski definition) is 2. The first-order valence-electron chi connectivity index (χ1n) is 8.65. The number of amides is 1. The van der Waals surface area contributed by atoms with E-state index in [4.69, 9.17) is 9.84 Å². The summed E-state index contributed by atoms with van der Waals surface area (Å²) in [5, 5.41) is 14.8. The zero-order valence-electron chi connectivity index (χ0n) is 15.2. The predicted molar refractivity (Wildman–Crippen MR) is 110 cm³/mol. The van der Waals surface area contributed by atoms with Gasteiger partial charge in [0.15, 0.2) is 0 Å². The van der Waals surface area contributed by atoms with Gasteiger partial charge in [0.05, 0.1) is 12.0 Å². The molecule has 2 heterocycles. The Morgan fingerprint density at radius 3 is 2.75 bits per heavy atom. The molecule has 3 aromatic rings. The molecule has 1 aromatic carbocycles. The maximum atomic E-state index is 11.7. The number of fused-ring (bicyclic) bond motifs is 1. The van der Waals surface area contributed by atoms with E-state index in [1.807, 2.05) is 31.2 Å². The van der Waals surface area contributed by atoms with E-state index in [0.29, 0.717) is 12.4 Å². The normalized spacial score (nSPS) is 10.8. The van der Waals surface area contributed by atoms with Crippen LogP contribution in [0.4, 0.5) is 0 Å². The number of ether oxygens (including phenoxy) is 1. The first-order chi connectivity index (χ1) is 13.6. The summed E-state index contributed by atoms with van der Waals surface area (Å²) < 4.78 is 5.50. The molecule has 0 fully saturated rings. The van der Waals surface area contributed by atoms with Crippen molar-refractivity contribution in [1.82, 2.24) is 15.3 Å². The van der Waals surface area contributed by atoms with Crippen molar-refractivity contribution in [3.05, 3.63) is 36.0 Å². The van der Waals surface area contributed by atoms with Crippen molar-refractivity contribution in [2.24, 2.45) is 0 Å². The fourth-order valence-electron chi connectivity index (χ4n) is 2.57. The lowest BCUT2D eigenvalue weighted by Crippen LogP contribution is -2.29. The fourth-order valence-corrected chi connectivity index (χ4v) is 4.50. The van der Waals surface area contributed by atoms with E-state index in [1.54, 1.807) is 11.3 Å². The first kappa shape index (κ1) is 20.1. The second-order valence-electron chi connectivity index (χ2n) is 5.73. The minimum absolute atomic E-state index is 0.214. The maximum Gasteiger partial charge on any atom is 0.322 e. The average Bonchev–Trinajstić information content (AvgIpc) is 3.12. The molecule has 0 bridgehead atoms. The number of carboxylic acid groups (broad SMARTS) is 1. The molecule has 0 aliphatic heterocycles. The lowest BCUT2D eigenvalue weighted by molar-refractivity contribution is -0.137. The van der Waals surface area contributed by atoms with Crippen molar-refractivity contribution in [2.45, 2.75) is 18.4 Å². The Morgan fingerprint density at radius 2 is 2.04 bits per heavy atom. The van der Waals surface area contributed by atoms with Crippen molar-refractivity contribution in [2.75, 3.05) is 18.9 Å². The van der Waals surface area contributed by atoms with Crippen LogP contribution < -0.4 is 10.1 Å². The molecule has 0 saturated heterocycles. The molecule has 0 unspecified atom stereocenters. The number of thiophene rings is 1. The van der Waals surface area contributed by atoms with Crippen LogP contribution in [0.1, 0.15) is 13.3 Å². The number of nitrogens with zero attached hydrogens (tertiary/aromatic N) is 2. The van der Waals surface area contributed by atoms with Gasteiger partial charge in [-0.25, -0.2) is 9.97 Å². The van der Waals surface area contributed by atoms with E-state index in [1.165, 1.54) is 18.1 Å². The number of nitrogens with one attached hydrogen (secondary N) is 1. The number of benzene rings is 1. The van der Waals surface area contributed by atoms with Gasteiger partial charge in [-0.3, -0.25) is 9.59 Å². The van der Waals surface area contributed by atoms with Gasteiger partial charge in [0.25, 0.3) is 0 Å². The Hall–Kier alpha value is -2.65. The standard InChI is InChI=1S/C19H19N3O4S2/c1-2-26-13-5-3-12(4-6-13)14-10-28-19-17(14)18(21-11-22-19)27-8-7-15(23)20-9-16(24)25/h3-6,10-11H,2,7-9H2,1H3,(H,20,23)(H,24,25). The molecule has 0 aliphatic carbocycles. The quantitative estimate of drug-likeness (QED) is 0.406. The van der Waals surface area contributed by atoms with Crippen LogP contribution in [0.15, 0.2) is 41.0 Å². The highest BCUT2D eigenvalue weighted by Gasteiger charge is 2.14. The molecule has 0 aliphatic rings. The minimum atomic E-state index is -1.06. The van der Waals surface area contributed by atoms with Gasteiger partial charge in [-0.15, -0.1) is 23.1 Å². The van der Waals surface area contributed by atoms with Crippen LogP contribution in [0.2, 0.25) is 0 Å². The number of aliphatic carboxylic acids is 1. The molecular weight excluding hydrogens is 398 g/mol. The van der Waals surface area contributed by atoms with E-state index >= 15 is 0 Å². The number of carbonyl (C=O) groups is 2. The number of aromatic nitrogens is 2. The number of carboxylic acids is 1. The molecule has 9 heteroatoms. The molecule has 0 spiro atoms. The molecule has 0 saturated carbocycles. The molecule has 146 valence electrons. The Balaban J connectivity index is 1.75. The number of thioether (sulfide) groups is 1. The van der Waals surface area contributed by atoms with Gasteiger partial charge in [0, 0.05) is 23.1 Å². The Labute approximate surface area is 170 Å². The summed E-state index contributed by atoms with van der Waals surface area (Å²) in [6.07, 6.45) is 1.74. The van der Waals surface area contributed by atoms with Crippen molar-refractivity contribution in [3.63, 3.8) is 0 Å². The lowest BCUT2D eigenvalue weighted by Gasteiger charge is -2.07.